The van der Waals surface area contributed by atoms with Crippen LogP contribution in [0.25, 0.3) is 15.9 Å². The molecule has 5 nitrogen and oxygen atoms in total. The average Bonchev–Trinajstić information content (AvgIpc) is 2.80. The Morgan fingerprint density at radius 1 is 1.36 bits per heavy atom. The monoisotopic (exact) mass is 346 g/mol. The zero-order valence-corrected chi connectivity index (χ0v) is 12.9. The van der Waals surface area contributed by atoms with Gasteiger partial charge in [0.1, 0.15) is 0 Å². The third-order valence-corrected chi connectivity index (χ3v) is 4.94. The van der Waals surface area contributed by atoms with Gasteiger partial charge >= 0.3 is 0 Å². The number of amides is 1. The molecule has 0 saturated heterocycles. The number of nitrogens with one attached hydrogen (secondary N) is 1. The number of fused-ring (bicyclic) bond motifs is 1. The zero-order valence-electron chi connectivity index (χ0n) is 12.9. The number of alkyl halides is 2. The van der Waals surface area contributed by atoms with Crippen molar-refractivity contribution in [3.8, 4) is 0 Å². The first-order chi connectivity index (χ1) is 11.5. The fourth-order valence-electron chi connectivity index (χ4n) is 3.31. The van der Waals surface area contributed by atoms with Gasteiger partial charge in [0.05, 0.1) is 17.6 Å². The second-order valence-electron chi connectivity index (χ2n) is 6.63. The standard InChI is InChI=1S/C17H16F2N4O.CH4/c1-20-11-5-6-13-14(7-11)23(12-3-2-4-12)16(21-13)22-15(24)10-8-17(18,19)9-10;/h5-7,10,12H,2-4,8-9H2,(H,21,22,24);1H4. The Bertz CT molecular complexity index is 856. The van der Waals surface area contributed by atoms with Crippen LogP contribution in [-0.4, -0.2) is 21.4 Å². The second kappa shape index (κ2) is 6.10. The highest BCUT2D eigenvalue weighted by Crippen LogP contribution is 2.43. The van der Waals surface area contributed by atoms with Crippen molar-refractivity contribution in [2.75, 3.05) is 5.32 Å². The topological polar surface area (TPSA) is 51.3 Å². The van der Waals surface area contributed by atoms with Gasteiger partial charge in [-0.25, -0.2) is 18.6 Å². The van der Waals surface area contributed by atoms with Gasteiger partial charge in [-0.3, -0.25) is 10.1 Å². The number of rotatable bonds is 3. The van der Waals surface area contributed by atoms with Crippen LogP contribution in [0, 0.1) is 12.5 Å². The molecule has 0 radical (unpaired) electrons. The molecule has 2 aliphatic carbocycles. The summed E-state index contributed by atoms with van der Waals surface area (Å²) in [4.78, 5) is 20.1. The first-order valence-electron chi connectivity index (χ1n) is 8.05. The molecule has 1 amide bonds. The minimum absolute atomic E-state index is 0. The molecular formula is C18H20F2N4O. The van der Waals surface area contributed by atoms with Gasteiger partial charge in [0.15, 0.2) is 5.69 Å². The van der Waals surface area contributed by atoms with Crippen molar-refractivity contribution in [1.82, 2.24) is 9.55 Å². The molecule has 2 saturated carbocycles. The molecule has 1 N–H and O–H groups in total. The normalized spacial score (nSPS) is 19.4. The number of nitrogens with zero attached hydrogens (tertiary/aromatic N) is 3. The fraction of sp³-hybridized carbons (Fsp3) is 0.500. The average molecular weight is 346 g/mol. The van der Waals surface area contributed by atoms with Gasteiger partial charge in [-0.05, 0) is 31.4 Å². The Kier molecular flexibility index (Phi) is 4.23. The van der Waals surface area contributed by atoms with Crippen molar-refractivity contribution < 1.29 is 13.6 Å². The summed E-state index contributed by atoms with van der Waals surface area (Å²) >= 11 is 0. The van der Waals surface area contributed by atoms with E-state index in [2.05, 4.69) is 15.1 Å². The van der Waals surface area contributed by atoms with Crippen LogP contribution in [0.4, 0.5) is 20.4 Å². The van der Waals surface area contributed by atoms with Crippen molar-refractivity contribution in [1.29, 1.82) is 0 Å². The molecule has 1 heterocycles. The molecule has 25 heavy (non-hydrogen) atoms. The minimum atomic E-state index is -2.72. The van der Waals surface area contributed by atoms with Crippen molar-refractivity contribution in [3.63, 3.8) is 0 Å². The number of hydrogen-bond acceptors (Lipinski definition) is 2. The van der Waals surface area contributed by atoms with Crippen LogP contribution in [0.15, 0.2) is 18.2 Å². The van der Waals surface area contributed by atoms with E-state index in [1.807, 2.05) is 4.57 Å². The van der Waals surface area contributed by atoms with Gasteiger partial charge in [-0.1, -0.05) is 13.5 Å². The van der Waals surface area contributed by atoms with E-state index in [1.54, 1.807) is 18.2 Å². The summed E-state index contributed by atoms with van der Waals surface area (Å²) in [6.07, 6.45) is 2.28. The first kappa shape index (κ1) is 17.3. The zero-order chi connectivity index (χ0) is 16.9. The lowest BCUT2D eigenvalue weighted by atomic mass is 9.81. The Morgan fingerprint density at radius 3 is 2.64 bits per heavy atom. The molecule has 0 unspecified atom stereocenters. The molecule has 2 aromatic rings. The summed E-state index contributed by atoms with van der Waals surface area (Å²) < 4.78 is 27.9. The Morgan fingerprint density at radius 2 is 2.08 bits per heavy atom. The van der Waals surface area contributed by atoms with E-state index in [4.69, 9.17) is 6.57 Å². The molecule has 0 spiro atoms. The van der Waals surface area contributed by atoms with Crippen molar-refractivity contribution >= 4 is 28.6 Å². The number of anilines is 1. The molecule has 2 fully saturated rings. The predicted molar refractivity (Wildman–Crippen MR) is 91.9 cm³/mol. The maximum atomic E-state index is 13.0. The van der Waals surface area contributed by atoms with E-state index in [-0.39, 0.29) is 13.5 Å². The summed E-state index contributed by atoms with van der Waals surface area (Å²) in [6.45, 7) is 7.16. The Labute approximate surface area is 144 Å². The molecule has 7 heteroatoms. The molecular weight excluding hydrogens is 326 g/mol. The van der Waals surface area contributed by atoms with Crippen molar-refractivity contribution in [2.24, 2.45) is 5.92 Å². The summed E-state index contributed by atoms with van der Waals surface area (Å²) in [6, 6.07) is 5.44. The fourth-order valence-corrected chi connectivity index (χ4v) is 3.31. The van der Waals surface area contributed by atoms with Crippen LogP contribution in [0.5, 0.6) is 0 Å². The van der Waals surface area contributed by atoms with Crippen molar-refractivity contribution in [3.05, 3.63) is 29.6 Å². The van der Waals surface area contributed by atoms with Gasteiger partial charge in [0.2, 0.25) is 17.8 Å². The van der Waals surface area contributed by atoms with Gasteiger partial charge in [-0.2, -0.15) is 0 Å². The number of hydrogen-bond donors (Lipinski definition) is 1. The summed E-state index contributed by atoms with van der Waals surface area (Å²) in [7, 11) is 0. The number of imidazole rings is 1. The van der Waals surface area contributed by atoms with E-state index in [0.29, 0.717) is 17.2 Å². The number of carbonyl (C=O) groups is 1. The molecule has 0 atom stereocenters. The predicted octanol–water partition coefficient (Wildman–Crippen LogP) is 4.93. The number of carbonyl (C=O) groups excluding carboxylic acids is 1. The largest absolute Gasteiger partial charge is 0.308 e. The Balaban J connectivity index is 0.00000182. The number of benzene rings is 1. The lowest BCUT2D eigenvalue weighted by molar-refractivity contribution is -0.145. The highest BCUT2D eigenvalue weighted by atomic mass is 19.3. The molecule has 1 aromatic carbocycles. The van der Waals surface area contributed by atoms with Crippen LogP contribution in [0.1, 0.15) is 45.6 Å². The minimum Gasteiger partial charge on any atom is -0.308 e. The molecule has 0 aliphatic heterocycles. The molecule has 2 aliphatic rings. The highest BCUT2D eigenvalue weighted by molar-refractivity contribution is 5.94. The lowest BCUT2D eigenvalue weighted by Gasteiger charge is -2.34. The molecule has 4 rings (SSSR count). The molecule has 0 bridgehead atoms. The summed E-state index contributed by atoms with van der Waals surface area (Å²) in [5, 5.41) is 2.73. The maximum Gasteiger partial charge on any atom is 0.249 e. The van der Waals surface area contributed by atoms with E-state index < -0.39 is 30.6 Å². The molecule has 1 aromatic heterocycles. The summed E-state index contributed by atoms with van der Waals surface area (Å²) in [5.41, 5.74) is 2.02. The van der Waals surface area contributed by atoms with Crippen LogP contribution >= 0.6 is 0 Å². The Hall–Kier alpha value is -2.49. The van der Waals surface area contributed by atoms with Crippen molar-refractivity contribution in [2.45, 2.75) is 51.5 Å². The van der Waals surface area contributed by atoms with Crippen LogP contribution in [0.3, 0.4) is 0 Å². The number of halogens is 2. The lowest BCUT2D eigenvalue weighted by Crippen LogP contribution is -2.42. The van der Waals surface area contributed by atoms with E-state index >= 15 is 0 Å². The van der Waals surface area contributed by atoms with Crippen LogP contribution in [-0.2, 0) is 4.79 Å². The quantitative estimate of drug-likeness (QED) is 0.801. The first-order valence-corrected chi connectivity index (χ1v) is 8.05. The van der Waals surface area contributed by atoms with E-state index in [9.17, 15) is 13.6 Å². The smallest absolute Gasteiger partial charge is 0.249 e. The number of aromatic nitrogens is 2. The summed E-state index contributed by atoms with van der Waals surface area (Å²) in [5.74, 6) is -3.38. The van der Waals surface area contributed by atoms with Crippen LogP contribution in [0.2, 0.25) is 0 Å². The van der Waals surface area contributed by atoms with Gasteiger partial charge in [0, 0.05) is 24.8 Å². The van der Waals surface area contributed by atoms with Gasteiger partial charge in [-0.15, -0.1) is 0 Å². The maximum absolute atomic E-state index is 13.0. The van der Waals surface area contributed by atoms with Gasteiger partial charge < -0.3 is 4.57 Å². The third-order valence-electron chi connectivity index (χ3n) is 4.94. The third kappa shape index (κ3) is 2.97. The molecule has 132 valence electrons. The van der Waals surface area contributed by atoms with E-state index in [0.717, 1.165) is 24.8 Å². The highest BCUT2D eigenvalue weighted by Gasteiger charge is 2.49. The van der Waals surface area contributed by atoms with Gasteiger partial charge in [0.25, 0.3) is 0 Å². The SMILES string of the molecule is C.[C-]#[N+]c1ccc2nc(NC(=O)C3CC(F)(F)C3)n(C3CCC3)c2c1. The van der Waals surface area contributed by atoms with E-state index in [1.165, 1.54) is 0 Å². The second-order valence-corrected chi connectivity index (χ2v) is 6.63. The van der Waals surface area contributed by atoms with Crippen LogP contribution < -0.4 is 5.32 Å².